The molecule has 1 fully saturated rings. The van der Waals surface area contributed by atoms with Crippen molar-refractivity contribution in [3.8, 4) is 0 Å². The minimum atomic E-state index is -3.75. The predicted molar refractivity (Wildman–Crippen MR) is 99.9 cm³/mol. The van der Waals surface area contributed by atoms with Gasteiger partial charge in [0.25, 0.3) is 0 Å². The number of carbonyl (C=O) groups excluding carboxylic acids is 1. The van der Waals surface area contributed by atoms with Gasteiger partial charge in [-0.05, 0) is 47.5 Å². The highest BCUT2D eigenvalue weighted by atomic mass is 79.9. The van der Waals surface area contributed by atoms with Crippen LogP contribution in [0.15, 0.2) is 32.0 Å². The van der Waals surface area contributed by atoms with Gasteiger partial charge in [0.15, 0.2) is 0 Å². The lowest BCUT2D eigenvalue weighted by molar-refractivity contribution is -0.124. The maximum Gasteiger partial charge on any atom is 0.245 e. The van der Waals surface area contributed by atoms with Gasteiger partial charge in [-0.25, -0.2) is 8.42 Å². The highest BCUT2D eigenvalue weighted by molar-refractivity contribution is 9.11. The normalized spacial score (nSPS) is 20.4. The number of halogens is 2. The van der Waals surface area contributed by atoms with E-state index in [1.807, 2.05) is 13.8 Å². The first kappa shape index (κ1) is 19.2. The number of carbonyl (C=O) groups is 1. The molecule has 1 aromatic carbocycles. The van der Waals surface area contributed by atoms with E-state index in [1.165, 1.54) is 16.1 Å². The van der Waals surface area contributed by atoms with Gasteiger partial charge in [-0.15, -0.1) is 11.8 Å². The Hall–Kier alpha value is -0.0900. The van der Waals surface area contributed by atoms with Gasteiger partial charge in [0, 0.05) is 20.7 Å². The van der Waals surface area contributed by atoms with Crippen molar-refractivity contribution in [2.75, 3.05) is 11.6 Å². The van der Waals surface area contributed by atoms with E-state index in [4.69, 9.17) is 0 Å². The highest BCUT2D eigenvalue weighted by Crippen LogP contribution is 2.33. The molecule has 9 heteroatoms. The third kappa shape index (κ3) is 4.31. The van der Waals surface area contributed by atoms with Crippen LogP contribution in [0.4, 0.5) is 0 Å². The summed E-state index contributed by atoms with van der Waals surface area (Å²) < 4.78 is 28.4. The van der Waals surface area contributed by atoms with Crippen LogP contribution >= 0.6 is 43.6 Å². The quantitative estimate of drug-likeness (QED) is 0.695. The number of nitrogens with zero attached hydrogens (tertiary/aromatic N) is 1. The first-order valence-corrected chi connectivity index (χ1v) is 11.3. The fraction of sp³-hybridized carbons (Fsp3) is 0.500. The Morgan fingerprint density at radius 2 is 2.17 bits per heavy atom. The summed E-state index contributed by atoms with van der Waals surface area (Å²) >= 11 is 8.03. The van der Waals surface area contributed by atoms with Crippen LogP contribution in [0.2, 0.25) is 0 Å². The van der Waals surface area contributed by atoms with Crippen molar-refractivity contribution in [3.05, 3.63) is 27.1 Å². The van der Waals surface area contributed by atoms with Crippen molar-refractivity contribution in [2.24, 2.45) is 0 Å². The summed E-state index contributed by atoms with van der Waals surface area (Å²) in [5.41, 5.74) is 0. The van der Waals surface area contributed by atoms with Crippen molar-refractivity contribution in [1.29, 1.82) is 0 Å². The number of nitrogens with one attached hydrogen (secondary N) is 1. The van der Waals surface area contributed by atoms with Crippen molar-refractivity contribution in [3.63, 3.8) is 0 Å². The molecular weight excluding hydrogens is 468 g/mol. The Balaban J connectivity index is 2.31. The average molecular weight is 486 g/mol. The summed E-state index contributed by atoms with van der Waals surface area (Å²) in [6.45, 7) is 3.88. The minimum Gasteiger partial charge on any atom is -0.352 e. The van der Waals surface area contributed by atoms with E-state index in [2.05, 4.69) is 37.2 Å². The molecule has 1 amide bonds. The minimum absolute atomic E-state index is 0.0234. The second-order valence-electron chi connectivity index (χ2n) is 5.30. The first-order valence-electron chi connectivity index (χ1n) is 7.12. The Morgan fingerprint density at radius 1 is 1.48 bits per heavy atom. The summed E-state index contributed by atoms with van der Waals surface area (Å²) in [5.74, 6) is 0.506. The van der Waals surface area contributed by atoms with Crippen molar-refractivity contribution < 1.29 is 13.2 Å². The Labute approximate surface area is 157 Å². The highest BCUT2D eigenvalue weighted by Gasteiger charge is 2.40. The van der Waals surface area contributed by atoms with Crippen molar-refractivity contribution in [1.82, 2.24) is 9.62 Å². The lowest BCUT2D eigenvalue weighted by atomic mass is 10.2. The Bertz CT molecular complexity index is 697. The number of sulfonamides is 1. The molecule has 0 bridgehead atoms. The van der Waals surface area contributed by atoms with Gasteiger partial charge in [0.05, 0.1) is 10.8 Å². The molecule has 5 nitrogen and oxygen atoms in total. The van der Waals surface area contributed by atoms with Gasteiger partial charge in [-0.3, -0.25) is 4.79 Å². The number of amides is 1. The second-order valence-corrected chi connectivity index (χ2v) is 9.93. The third-order valence-corrected chi connectivity index (χ3v) is 8.14. The molecular formula is C14H18Br2N2O3S2. The number of thioether (sulfide) groups is 1. The lowest BCUT2D eigenvalue weighted by Crippen LogP contribution is -2.49. The maximum absolute atomic E-state index is 13.0. The first-order chi connectivity index (χ1) is 10.8. The molecule has 128 valence electrons. The molecule has 1 N–H and O–H groups in total. The van der Waals surface area contributed by atoms with E-state index < -0.39 is 16.1 Å². The molecule has 2 unspecified atom stereocenters. The summed E-state index contributed by atoms with van der Waals surface area (Å²) in [6.07, 6.45) is 0.801. The van der Waals surface area contributed by atoms with Crippen molar-refractivity contribution in [2.45, 2.75) is 37.2 Å². The van der Waals surface area contributed by atoms with Crippen LogP contribution in [0, 0.1) is 0 Å². The smallest absolute Gasteiger partial charge is 0.245 e. The van der Waals surface area contributed by atoms with Gasteiger partial charge in [0.2, 0.25) is 15.9 Å². The van der Waals surface area contributed by atoms with E-state index in [9.17, 15) is 13.2 Å². The number of benzene rings is 1. The van der Waals surface area contributed by atoms with Crippen molar-refractivity contribution >= 4 is 59.6 Å². The Morgan fingerprint density at radius 3 is 2.83 bits per heavy atom. The zero-order chi connectivity index (χ0) is 17.2. The molecule has 0 aromatic heterocycles. The van der Waals surface area contributed by atoms with Gasteiger partial charge in [-0.1, -0.05) is 22.9 Å². The standard InChI is InChI=1S/C14H18Br2N2O3S2/c1-3-9(2)17-14(19)12-7-22-8-18(12)23(20,21)13-6-10(15)4-5-11(13)16/h4-6,9,12H,3,7-8H2,1-2H3,(H,17,19). The zero-order valence-electron chi connectivity index (χ0n) is 12.8. The fourth-order valence-corrected chi connectivity index (χ4v) is 6.73. The molecule has 2 rings (SSSR count). The van der Waals surface area contributed by atoms with Crippen LogP contribution in [-0.4, -0.2) is 42.3 Å². The molecule has 0 aliphatic carbocycles. The molecule has 23 heavy (non-hydrogen) atoms. The van der Waals surface area contributed by atoms with Gasteiger partial charge >= 0.3 is 0 Å². The number of hydrogen-bond acceptors (Lipinski definition) is 4. The number of rotatable bonds is 5. The molecule has 0 radical (unpaired) electrons. The molecule has 2 atom stereocenters. The molecule has 1 saturated heterocycles. The maximum atomic E-state index is 13.0. The largest absolute Gasteiger partial charge is 0.352 e. The molecule has 1 aromatic rings. The van der Waals surface area contributed by atoms with Crippen LogP contribution in [0.3, 0.4) is 0 Å². The van der Waals surface area contributed by atoms with E-state index in [-0.39, 0.29) is 22.7 Å². The van der Waals surface area contributed by atoms with Crippen LogP contribution in [0.25, 0.3) is 0 Å². The average Bonchev–Trinajstić information content (AvgIpc) is 2.99. The molecule has 1 heterocycles. The van der Waals surface area contributed by atoms with Gasteiger partial charge in [0.1, 0.15) is 6.04 Å². The van der Waals surface area contributed by atoms with E-state index in [0.717, 1.165) is 6.42 Å². The predicted octanol–water partition coefficient (Wildman–Crippen LogP) is 3.19. The van der Waals surface area contributed by atoms with Crippen LogP contribution in [-0.2, 0) is 14.8 Å². The van der Waals surface area contributed by atoms with Gasteiger partial charge < -0.3 is 5.32 Å². The lowest BCUT2D eigenvalue weighted by Gasteiger charge is -2.24. The van der Waals surface area contributed by atoms with E-state index in [0.29, 0.717) is 14.7 Å². The summed E-state index contributed by atoms with van der Waals surface area (Å²) in [4.78, 5) is 12.6. The molecule has 0 saturated carbocycles. The van der Waals surface area contributed by atoms with E-state index in [1.54, 1.807) is 18.2 Å². The SMILES string of the molecule is CCC(C)NC(=O)C1CSCN1S(=O)(=O)c1cc(Br)ccc1Br. The second kappa shape index (κ2) is 7.86. The fourth-order valence-electron chi connectivity index (χ4n) is 2.11. The zero-order valence-corrected chi connectivity index (χ0v) is 17.6. The van der Waals surface area contributed by atoms with E-state index >= 15 is 0 Å². The summed E-state index contributed by atoms with van der Waals surface area (Å²) in [5, 5.41) is 2.87. The summed E-state index contributed by atoms with van der Waals surface area (Å²) in [7, 11) is -3.75. The molecule has 1 aliphatic heterocycles. The van der Waals surface area contributed by atoms with Crippen LogP contribution in [0.1, 0.15) is 20.3 Å². The topological polar surface area (TPSA) is 66.5 Å². The van der Waals surface area contributed by atoms with Crippen LogP contribution in [0.5, 0.6) is 0 Å². The monoisotopic (exact) mass is 484 g/mol. The van der Waals surface area contributed by atoms with Gasteiger partial charge in [-0.2, -0.15) is 4.31 Å². The van der Waals surface area contributed by atoms with Crippen LogP contribution < -0.4 is 5.32 Å². The molecule has 1 aliphatic rings. The summed E-state index contributed by atoms with van der Waals surface area (Å²) in [6, 6.07) is 4.33. The number of hydrogen-bond donors (Lipinski definition) is 1. The third-order valence-electron chi connectivity index (χ3n) is 3.63. The Kier molecular flexibility index (Phi) is 6.57. The molecule has 0 spiro atoms.